The summed E-state index contributed by atoms with van der Waals surface area (Å²) in [6.07, 6.45) is -8.47. The van der Waals surface area contributed by atoms with E-state index in [-0.39, 0.29) is 0 Å². The Labute approximate surface area is 85.5 Å². The molecule has 0 aromatic rings. The summed E-state index contributed by atoms with van der Waals surface area (Å²) in [6.45, 7) is 0. The Morgan fingerprint density at radius 2 is 1.53 bits per heavy atom. The molecule has 1 rings (SSSR count). The molecule has 5 atom stereocenters. The second-order valence-corrected chi connectivity index (χ2v) is 4.78. The largest absolute Gasteiger partial charge is 0.388 e. The van der Waals surface area contributed by atoms with E-state index in [4.69, 9.17) is 19.9 Å². The normalized spacial score (nSPS) is 42.9. The summed E-state index contributed by atoms with van der Waals surface area (Å²) >= 11 is 0. The molecule has 1 aliphatic rings. The van der Waals surface area contributed by atoms with Crippen molar-refractivity contribution >= 4 is 10.1 Å². The lowest BCUT2D eigenvalue weighted by Gasteiger charge is -2.37. The van der Waals surface area contributed by atoms with Gasteiger partial charge in [-0.15, -0.1) is 0 Å². The van der Waals surface area contributed by atoms with Gasteiger partial charge in [-0.1, -0.05) is 0 Å². The van der Waals surface area contributed by atoms with Crippen molar-refractivity contribution in [3.63, 3.8) is 0 Å². The van der Waals surface area contributed by atoms with E-state index in [9.17, 15) is 13.5 Å². The highest BCUT2D eigenvalue weighted by molar-refractivity contribution is 7.85. The molecule has 0 radical (unpaired) electrons. The highest BCUT2D eigenvalue weighted by Crippen LogP contribution is 2.20. The van der Waals surface area contributed by atoms with E-state index in [1.165, 1.54) is 0 Å². The van der Waals surface area contributed by atoms with Crippen LogP contribution >= 0.6 is 0 Å². The Morgan fingerprint density at radius 1 is 1.00 bits per heavy atom. The number of aliphatic hydroxyl groups is 4. The lowest BCUT2D eigenvalue weighted by molar-refractivity contribution is -0.276. The van der Waals surface area contributed by atoms with Gasteiger partial charge in [0.15, 0.2) is 6.29 Å². The predicted molar refractivity (Wildman–Crippen MR) is 45.3 cm³/mol. The Morgan fingerprint density at radius 3 is 2.00 bits per heavy atom. The van der Waals surface area contributed by atoms with E-state index in [2.05, 4.69) is 4.74 Å². The molecule has 0 amide bonds. The molecule has 5 N–H and O–H groups in total. The first-order valence-electron chi connectivity index (χ1n) is 4.05. The monoisotopic (exact) mass is 244 g/mol. The topological polar surface area (TPSA) is 145 Å². The van der Waals surface area contributed by atoms with Crippen LogP contribution < -0.4 is 0 Å². The molecule has 1 saturated heterocycles. The maximum atomic E-state index is 10.5. The first kappa shape index (κ1) is 12.8. The van der Waals surface area contributed by atoms with Gasteiger partial charge in [-0.25, -0.2) is 0 Å². The zero-order valence-corrected chi connectivity index (χ0v) is 8.28. The molecule has 9 heteroatoms. The zero-order chi connectivity index (χ0) is 11.8. The maximum Gasteiger partial charge on any atom is 0.267 e. The van der Waals surface area contributed by atoms with Gasteiger partial charge in [-0.3, -0.25) is 4.55 Å². The number of hydrogen-bond acceptors (Lipinski definition) is 7. The molecule has 90 valence electrons. The minimum atomic E-state index is -4.41. The van der Waals surface area contributed by atoms with Crippen molar-refractivity contribution in [2.75, 3.05) is 5.75 Å². The van der Waals surface area contributed by atoms with Gasteiger partial charge >= 0.3 is 0 Å². The van der Waals surface area contributed by atoms with Crippen molar-refractivity contribution in [3.05, 3.63) is 0 Å². The van der Waals surface area contributed by atoms with Crippen LogP contribution in [0.4, 0.5) is 0 Å². The van der Waals surface area contributed by atoms with E-state index < -0.39 is 46.6 Å². The van der Waals surface area contributed by atoms with Crippen LogP contribution in [0, 0.1) is 0 Å². The van der Waals surface area contributed by atoms with E-state index in [0.29, 0.717) is 0 Å². The van der Waals surface area contributed by atoms with Crippen LogP contribution in [0.25, 0.3) is 0 Å². The second kappa shape index (κ2) is 4.29. The molecule has 0 aromatic heterocycles. The Kier molecular flexibility index (Phi) is 3.66. The van der Waals surface area contributed by atoms with E-state index in [1.54, 1.807) is 0 Å². The molecule has 8 nitrogen and oxygen atoms in total. The molecular formula is C6H12O8S. The van der Waals surface area contributed by atoms with Gasteiger partial charge in [-0.2, -0.15) is 8.42 Å². The third-order valence-corrected chi connectivity index (χ3v) is 2.81. The fourth-order valence-electron chi connectivity index (χ4n) is 1.28. The van der Waals surface area contributed by atoms with Crippen molar-refractivity contribution in [1.82, 2.24) is 0 Å². The van der Waals surface area contributed by atoms with Crippen LogP contribution in [0.2, 0.25) is 0 Å². The third kappa shape index (κ3) is 3.08. The average molecular weight is 244 g/mol. The van der Waals surface area contributed by atoms with Crippen molar-refractivity contribution < 1.29 is 38.1 Å². The molecule has 0 aliphatic carbocycles. The number of hydrogen-bond donors (Lipinski definition) is 5. The van der Waals surface area contributed by atoms with Gasteiger partial charge in [0.1, 0.15) is 30.2 Å². The third-order valence-electron chi connectivity index (χ3n) is 2.06. The molecule has 0 saturated carbocycles. The first-order chi connectivity index (χ1) is 6.72. The molecular weight excluding hydrogens is 232 g/mol. The van der Waals surface area contributed by atoms with Crippen LogP contribution in [0.3, 0.4) is 0 Å². The van der Waals surface area contributed by atoms with Crippen LogP contribution in [0.15, 0.2) is 0 Å². The van der Waals surface area contributed by atoms with Gasteiger partial charge in [0.05, 0.1) is 0 Å². The molecule has 0 unspecified atom stereocenters. The van der Waals surface area contributed by atoms with Crippen molar-refractivity contribution in [2.45, 2.75) is 30.7 Å². The summed E-state index contributed by atoms with van der Waals surface area (Å²) in [5.41, 5.74) is 0. The lowest BCUT2D eigenvalue weighted by Crippen LogP contribution is -2.59. The van der Waals surface area contributed by atoms with E-state index in [1.807, 2.05) is 0 Å². The van der Waals surface area contributed by atoms with Gasteiger partial charge in [0.2, 0.25) is 0 Å². The highest BCUT2D eigenvalue weighted by atomic mass is 32.2. The quantitative estimate of drug-likeness (QED) is 0.317. The molecule has 0 aromatic carbocycles. The van der Waals surface area contributed by atoms with Crippen molar-refractivity contribution in [1.29, 1.82) is 0 Å². The Balaban J connectivity index is 2.75. The fraction of sp³-hybridized carbons (Fsp3) is 1.00. The van der Waals surface area contributed by atoms with Crippen molar-refractivity contribution in [2.24, 2.45) is 0 Å². The number of aliphatic hydroxyl groups excluding tert-OH is 4. The SMILES string of the molecule is O=S(=O)(O)C[C@@H]1O[C@@H](O)[C@H](O)[C@H](O)[C@@H]1O. The minimum absolute atomic E-state index is 0.977. The van der Waals surface area contributed by atoms with E-state index in [0.717, 1.165) is 0 Å². The molecule has 1 heterocycles. The summed E-state index contributed by atoms with van der Waals surface area (Å²) in [7, 11) is -4.41. The van der Waals surface area contributed by atoms with Crippen LogP contribution in [0.5, 0.6) is 0 Å². The van der Waals surface area contributed by atoms with Gasteiger partial charge in [0, 0.05) is 0 Å². The lowest BCUT2D eigenvalue weighted by atomic mass is 10.0. The van der Waals surface area contributed by atoms with Gasteiger partial charge in [0.25, 0.3) is 10.1 Å². The average Bonchev–Trinajstić information content (AvgIpc) is 2.08. The number of rotatable bonds is 2. The first-order valence-corrected chi connectivity index (χ1v) is 5.66. The summed E-state index contributed by atoms with van der Waals surface area (Å²) in [4.78, 5) is 0. The number of ether oxygens (including phenoxy) is 1. The second-order valence-electron chi connectivity index (χ2n) is 3.29. The Hall–Kier alpha value is -0.290. The minimum Gasteiger partial charge on any atom is -0.388 e. The summed E-state index contributed by atoms with van der Waals surface area (Å²) in [5.74, 6) is -0.977. The molecule has 0 bridgehead atoms. The van der Waals surface area contributed by atoms with Crippen LogP contribution in [-0.2, 0) is 14.9 Å². The smallest absolute Gasteiger partial charge is 0.267 e. The van der Waals surface area contributed by atoms with Crippen molar-refractivity contribution in [3.8, 4) is 0 Å². The Bertz CT molecular complexity index is 313. The zero-order valence-electron chi connectivity index (χ0n) is 7.46. The van der Waals surface area contributed by atoms with Crippen LogP contribution in [-0.4, -0.2) is 69.9 Å². The molecule has 1 aliphatic heterocycles. The van der Waals surface area contributed by atoms with Gasteiger partial charge in [-0.05, 0) is 0 Å². The molecule has 0 spiro atoms. The fourth-order valence-corrected chi connectivity index (χ4v) is 1.97. The maximum absolute atomic E-state index is 10.5. The summed E-state index contributed by atoms with van der Waals surface area (Å²) in [5, 5.41) is 36.5. The summed E-state index contributed by atoms with van der Waals surface area (Å²) in [6, 6.07) is 0. The van der Waals surface area contributed by atoms with E-state index >= 15 is 0 Å². The highest BCUT2D eigenvalue weighted by Gasteiger charge is 2.44. The predicted octanol–water partition coefficient (Wildman–Crippen LogP) is -3.33. The van der Waals surface area contributed by atoms with Gasteiger partial charge < -0.3 is 25.2 Å². The molecule has 15 heavy (non-hydrogen) atoms. The standard InChI is InChI=1S/C6H12O8S/c7-3-2(1-15(11,12)13)14-6(10)5(9)4(3)8/h2-10H,1H2,(H,11,12,13)/t2-,3+,4+,5+,6+/m0/s1. The van der Waals surface area contributed by atoms with Crippen LogP contribution in [0.1, 0.15) is 0 Å². The molecule has 1 fully saturated rings. The summed E-state index contributed by atoms with van der Waals surface area (Å²) < 4.78 is 34.0.